The van der Waals surface area contributed by atoms with Gasteiger partial charge in [0.05, 0.1) is 18.7 Å². The minimum atomic E-state index is -0.613. The topological polar surface area (TPSA) is 70.4 Å². The van der Waals surface area contributed by atoms with Crippen LogP contribution in [0.25, 0.3) is 11.1 Å². The molecule has 2 unspecified atom stereocenters. The Morgan fingerprint density at radius 3 is 2.35 bits per heavy atom. The molecule has 2 rings (SSSR count). The van der Waals surface area contributed by atoms with Gasteiger partial charge in [-0.1, -0.05) is 76.1 Å². The van der Waals surface area contributed by atoms with E-state index in [1.807, 2.05) is 63.2 Å². The minimum absolute atomic E-state index is 0.0141. The summed E-state index contributed by atoms with van der Waals surface area (Å²) in [5.41, 5.74) is 3.37. The molecule has 0 saturated heterocycles. The van der Waals surface area contributed by atoms with Crippen molar-refractivity contribution in [2.24, 2.45) is 5.92 Å². The smallest absolute Gasteiger partial charge is 0.328 e. The van der Waals surface area contributed by atoms with Gasteiger partial charge in [0.15, 0.2) is 0 Å². The van der Waals surface area contributed by atoms with Gasteiger partial charge in [-0.05, 0) is 35.1 Å². The lowest BCUT2D eigenvalue weighted by atomic mass is 9.95. The summed E-state index contributed by atoms with van der Waals surface area (Å²) in [6.07, 6.45) is 2.88. The van der Waals surface area contributed by atoms with E-state index in [2.05, 4.69) is 6.07 Å². The van der Waals surface area contributed by atoms with Crippen LogP contribution in [-0.4, -0.2) is 29.9 Å². The maximum absolute atomic E-state index is 13.0. The van der Waals surface area contributed by atoms with Crippen LogP contribution in [0.4, 0.5) is 0 Å². The van der Waals surface area contributed by atoms with Gasteiger partial charge in [-0.25, -0.2) is 4.79 Å². The van der Waals surface area contributed by atoms with Gasteiger partial charge in [0.2, 0.25) is 5.91 Å². The summed E-state index contributed by atoms with van der Waals surface area (Å²) >= 11 is 0. The van der Waals surface area contributed by atoms with E-state index in [-0.39, 0.29) is 17.8 Å². The third-order valence-corrected chi connectivity index (χ3v) is 5.69. The molecule has 5 heteroatoms. The highest BCUT2D eigenvalue weighted by Gasteiger charge is 2.34. The Kier molecular flexibility index (Phi) is 9.27. The molecule has 0 saturated carbocycles. The van der Waals surface area contributed by atoms with Crippen LogP contribution in [0.5, 0.6) is 0 Å². The average Bonchev–Trinajstić information content (AvgIpc) is 2.81. The first-order valence-electron chi connectivity index (χ1n) is 10.9. The molecule has 5 nitrogen and oxygen atoms in total. The van der Waals surface area contributed by atoms with Gasteiger partial charge in [-0.2, -0.15) is 5.26 Å². The van der Waals surface area contributed by atoms with Crippen molar-refractivity contribution in [3.8, 4) is 17.2 Å². The van der Waals surface area contributed by atoms with E-state index in [1.165, 1.54) is 7.11 Å². The lowest BCUT2D eigenvalue weighted by Gasteiger charge is -2.33. The summed E-state index contributed by atoms with van der Waals surface area (Å²) in [5.74, 6) is -0.421. The minimum Gasteiger partial charge on any atom is -0.467 e. The van der Waals surface area contributed by atoms with Crippen LogP contribution in [0.1, 0.15) is 57.6 Å². The number of ether oxygens (including phenoxy) is 1. The predicted octanol–water partition coefficient (Wildman–Crippen LogP) is 5.33. The number of amides is 1. The summed E-state index contributed by atoms with van der Waals surface area (Å²) in [4.78, 5) is 27.3. The monoisotopic (exact) mass is 420 g/mol. The number of hydrogen-bond acceptors (Lipinski definition) is 4. The van der Waals surface area contributed by atoms with Crippen LogP contribution < -0.4 is 0 Å². The van der Waals surface area contributed by atoms with Gasteiger partial charge in [0.1, 0.15) is 6.04 Å². The number of esters is 1. The number of hydrogen-bond donors (Lipinski definition) is 0. The Bertz CT molecular complexity index is 915. The van der Waals surface area contributed by atoms with Crippen LogP contribution >= 0.6 is 0 Å². The Hall–Kier alpha value is -3.13. The van der Waals surface area contributed by atoms with Crippen molar-refractivity contribution in [2.45, 2.75) is 59.0 Å². The van der Waals surface area contributed by atoms with E-state index in [0.717, 1.165) is 36.0 Å². The Morgan fingerprint density at radius 1 is 1.10 bits per heavy atom. The molecule has 164 valence electrons. The van der Waals surface area contributed by atoms with Crippen molar-refractivity contribution in [1.82, 2.24) is 4.90 Å². The molecule has 0 heterocycles. The summed E-state index contributed by atoms with van der Waals surface area (Å²) in [6.45, 7) is 6.37. The number of carbonyl (C=O) groups is 2. The Labute approximate surface area is 185 Å². The van der Waals surface area contributed by atoms with Crippen LogP contribution in [-0.2, 0) is 20.9 Å². The summed E-state index contributed by atoms with van der Waals surface area (Å²) in [6, 6.07) is 16.9. The van der Waals surface area contributed by atoms with E-state index >= 15 is 0 Å². The first kappa shape index (κ1) is 24.1. The zero-order chi connectivity index (χ0) is 22.8. The molecule has 2 aromatic rings. The van der Waals surface area contributed by atoms with Crippen LogP contribution in [0.2, 0.25) is 0 Å². The van der Waals surface area contributed by atoms with Crippen molar-refractivity contribution in [2.75, 3.05) is 7.11 Å². The third kappa shape index (κ3) is 6.18. The van der Waals surface area contributed by atoms with Gasteiger partial charge in [0.25, 0.3) is 0 Å². The fourth-order valence-corrected chi connectivity index (χ4v) is 3.64. The van der Waals surface area contributed by atoms with E-state index in [0.29, 0.717) is 18.5 Å². The van der Waals surface area contributed by atoms with Gasteiger partial charge in [-0.15, -0.1) is 0 Å². The molecule has 0 aliphatic carbocycles. The van der Waals surface area contributed by atoms with E-state index < -0.39 is 6.04 Å². The summed E-state index contributed by atoms with van der Waals surface area (Å²) < 4.78 is 5.05. The maximum Gasteiger partial charge on any atom is 0.328 e. The number of rotatable bonds is 10. The Morgan fingerprint density at radius 2 is 1.77 bits per heavy atom. The molecular formula is C26H32N2O3. The lowest BCUT2D eigenvalue weighted by Crippen LogP contribution is -2.48. The molecule has 0 aliphatic heterocycles. The second kappa shape index (κ2) is 11.9. The second-order valence-corrected chi connectivity index (χ2v) is 7.83. The summed E-state index contributed by atoms with van der Waals surface area (Å²) in [7, 11) is 1.37. The van der Waals surface area contributed by atoms with Crippen LogP contribution in [0.15, 0.2) is 48.5 Å². The quantitative estimate of drug-likeness (QED) is 0.487. The van der Waals surface area contributed by atoms with Crippen LogP contribution in [0.3, 0.4) is 0 Å². The zero-order valence-electron chi connectivity index (χ0n) is 18.9. The van der Waals surface area contributed by atoms with Crippen molar-refractivity contribution in [1.29, 1.82) is 5.26 Å². The molecule has 31 heavy (non-hydrogen) atoms. The molecule has 2 aromatic carbocycles. The first-order valence-corrected chi connectivity index (χ1v) is 10.9. The molecule has 0 bridgehead atoms. The van der Waals surface area contributed by atoms with E-state index in [4.69, 9.17) is 4.74 Å². The predicted molar refractivity (Wildman–Crippen MR) is 122 cm³/mol. The third-order valence-electron chi connectivity index (χ3n) is 5.69. The summed E-state index contributed by atoms with van der Waals surface area (Å²) in [5, 5.41) is 9.36. The molecule has 0 aromatic heterocycles. The number of nitriles is 1. The molecule has 0 spiro atoms. The van der Waals surface area contributed by atoms with Gasteiger partial charge >= 0.3 is 5.97 Å². The molecular weight excluding hydrogens is 388 g/mol. The highest BCUT2D eigenvalue weighted by atomic mass is 16.5. The van der Waals surface area contributed by atoms with E-state index in [1.54, 1.807) is 11.0 Å². The average molecular weight is 421 g/mol. The number of unbranched alkanes of at least 4 members (excludes halogenated alkanes) is 1. The van der Waals surface area contributed by atoms with E-state index in [9.17, 15) is 14.9 Å². The largest absolute Gasteiger partial charge is 0.467 e. The lowest BCUT2D eigenvalue weighted by molar-refractivity contribution is -0.156. The number of benzene rings is 2. The zero-order valence-corrected chi connectivity index (χ0v) is 18.9. The highest BCUT2D eigenvalue weighted by Crippen LogP contribution is 2.25. The van der Waals surface area contributed by atoms with Crippen molar-refractivity contribution in [3.63, 3.8) is 0 Å². The molecule has 0 N–H and O–H groups in total. The molecule has 0 radical (unpaired) electrons. The fourth-order valence-electron chi connectivity index (χ4n) is 3.64. The molecule has 2 atom stereocenters. The molecule has 0 aliphatic rings. The van der Waals surface area contributed by atoms with Crippen molar-refractivity contribution >= 4 is 11.9 Å². The SMILES string of the molecule is CCCCC(=O)N(Cc1ccc(-c2ccccc2C#N)cc1)C(C(=O)OC)C(C)CC. The second-order valence-electron chi connectivity index (χ2n) is 7.83. The number of nitrogens with zero attached hydrogens (tertiary/aromatic N) is 2. The fraction of sp³-hybridized carbons (Fsp3) is 0.423. The van der Waals surface area contributed by atoms with Gasteiger partial charge in [0, 0.05) is 13.0 Å². The number of methoxy groups -OCH3 is 1. The maximum atomic E-state index is 13.0. The Balaban J connectivity index is 2.34. The van der Waals surface area contributed by atoms with Gasteiger partial charge in [-0.3, -0.25) is 4.79 Å². The van der Waals surface area contributed by atoms with Crippen molar-refractivity contribution < 1.29 is 14.3 Å². The first-order chi connectivity index (χ1) is 15.0. The standard InChI is InChI=1S/C26H32N2O3/c1-5-7-12-24(29)28(25(19(3)6-2)26(30)31-4)18-20-13-15-21(16-14-20)23-11-9-8-10-22(23)17-27/h8-11,13-16,19,25H,5-7,12,18H2,1-4H3. The number of carbonyl (C=O) groups excluding carboxylic acids is 2. The van der Waals surface area contributed by atoms with Gasteiger partial charge < -0.3 is 9.64 Å². The normalized spacial score (nSPS) is 12.5. The van der Waals surface area contributed by atoms with Crippen LogP contribution in [0, 0.1) is 17.2 Å². The molecule has 0 fully saturated rings. The highest BCUT2D eigenvalue weighted by molar-refractivity contribution is 5.84. The van der Waals surface area contributed by atoms with Crippen molar-refractivity contribution in [3.05, 3.63) is 59.7 Å². The molecule has 1 amide bonds.